The van der Waals surface area contributed by atoms with Crippen molar-refractivity contribution in [1.82, 2.24) is 20.3 Å². The molecule has 2 aliphatic carbocycles. The quantitative estimate of drug-likeness (QED) is 0.711. The van der Waals surface area contributed by atoms with Gasteiger partial charge in [0.05, 0.1) is 18.3 Å². The summed E-state index contributed by atoms with van der Waals surface area (Å²) in [5.74, 6) is 0.251. The lowest BCUT2D eigenvalue weighted by molar-refractivity contribution is -0.117. The molecular weight excluding hydrogens is 358 g/mol. The molecule has 0 radical (unpaired) electrons. The van der Waals surface area contributed by atoms with E-state index in [0.29, 0.717) is 5.92 Å². The second kappa shape index (κ2) is 8.75. The number of aromatic nitrogens is 3. The van der Waals surface area contributed by atoms with Gasteiger partial charge in [-0.25, -0.2) is 4.68 Å². The normalized spacial score (nSPS) is 21.0. The number of carbonyl (C=O) groups excluding carboxylic acids is 1. The van der Waals surface area contributed by atoms with E-state index in [2.05, 4.69) is 21.7 Å². The topological polar surface area (TPSA) is 83.6 Å². The number of nitriles is 1. The molecule has 144 valence electrons. The fourth-order valence-corrected chi connectivity index (χ4v) is 4.05. The van der Waals surface area contributed by atoms with Crippen molar-refractivity contribution in [1.29, 1.82) is 5.26 Å². The van der Waals surface area contributed by atoms with E-state index < -0.39 is 5.54 Å². The van der Waals surface area contributed by atoms with Crippen LogP contribution in [0.3, 0.4) is 0 Å². The molecule has 2 aliphatic rings. The number of carbonyl (C=O) groups is 1. The van der Waals surface area contributed by atoms with Crippen molar-refractivity contribution in [3.05, 3.63) is 34.4 Å². The molecule has 3 rings (SSSR count). The third-order valence-electron chi connectivity index (χ3n) is 5.50. The molecule has 0 bridgehead atoms. The van der Waals surface area contributed by atoms with Gasteiger partial charge in [-0.1, -0.05) is 30.6 Å². The second-order valence-electron chi connectivity index (χ2n) is 7.44. The third kappa shape index (κ3) is 4.81. The van der Waals surface area contributed by atoms with E-state index in [1.165, 1.54) is 31.0 Å². The number of nitrogens with zero attached hydrogens (tertiary/aromatic N) is 4. The first kappa shape index (κ1) is 19.7. The zero-order valence-electron chi connectivity index (χ0n) is 16.0. The van der Waals surface area contributed by atoms with Crippen LogP contribution in [0.1, 0.15) is 70.5 Å². The summed E-state index contributed by atoms with van der Waals surface area (Å²) in [6, 6.07) is 2.19. The molecule has 1 amide bonds. The minimum Gasteiger partial charge on any atom is -0.344 e. The lowest BCUT2D eigenvalue weighted by atomic mass is 9.82. The molecule has 2 saturated carbocycles. The maximum absolute atomic E-state index is 12.5. The van der Waals surface area contributed by atoms with Gasteiger partial charge in [-0.2, -0.15) is 5.26 Å². The first-order chi connectivity index (χ1) is 13.1. The Hall–Kier alpha value is -2.07. The number of thioether (sulfide) groups is 1. The summed E-state index contributed by atoms with van der Waals surface area (Å²) in [6.45, 7) is 3.99. The molecule has 1 atom stereocenters. The van der Waals surface area contributed by atoms with Crippen LogP contribution in [0.4, 0.5) is 0 Å². The van der Waals surface area contributed by atoms with Gasteiger partial charge >= 0.3 is 0 Å². The number of allylic oxidation sites excluding steroid dienone is 2. The third-order valence-corrected chi connectivity index (χ3v) is 6.38. The number of amides is 1. The van der Waals surface area contributed by atoms with E-state index in [-0.39, 0.29) is 11.9 Å². The largest absolute Gasteiger partial charge is 0.344 e. The van der Waals surface area contributed by atoms with Crippen molar-refractivity contribution in [3.8, 4) is 6.07 Å². The molecule has 0 spiro atoms. The van der Waals surface area contributed by atoms with Crippen molar-refractivity contribution in [2.24, 2.45) is 5.92 Å². The molecule has 0 aromatic carbocycles. The number of hydrogen-bond acceptors (Lipinski definition) is 5. The van der Waals surface area contributed by atoms with Crippen LogP contribution in [0.25, 0.3) is 0 Å². The highest BCUT2D eigenvalue weighted by Gasteiger charge is 2.47. The molecule has 6 nitrogen and oxygen atoms in total. The molecular formula is C20H27N5OS. The molecule has 1 aromatic heterocycles. The van der Waals surface area contributed by atoms with Crippen LogP contribution >= 0.6 is 11.8 Å². The summed E-state index contributed by atoms with van der Waals surface area (Å²) in [7, 11) is 0. The summed E-state index contributed by atoms with van der Waals surface area (Å²) in [4.78, 5) is 13.6. The van der Waals surface area contributed by atoms with Gasteiger partial charge in [0.25, 0.3) is 0 Å². The van der Waals surface area contributed by atoms with Gasteiger partial charge in [0.1, 0.15) is 5.69 Å². The van der Waals surface area contributed by atoms with Crippen LogP contribution in [-0.2, 0) is 10.3 Å². The number of nitrogens with one attached hydrogen (secondary N) is 1. The Morgan fingerprint density at radius 1 is 1.44 bits per heavy atom. The molecule has 1 N–H and O–H groups in total. The van der Waals surface area contributed by atoms with Crippen molar-refractivity contribution >= 4 is 17.7 Å². The molecule has 0 saturated heterocycles. The Morgan fingerprint density at radius 3 is 2.81 bits per heavy atom. The predicted octanol–water partition coefficient (Wildman–Crippen LogP) is 4.20. The average Bonchev–Trinajstić information content (AvgIpc) is 3.35. The van der Waals surface area contributed by atoms with Crippen LogP contribution in [0.2, 0.25) is 0 Å². The van der Waals surface area contributed by atoms with E-state index in [4.69, 9.17) is 0 Å². The molecule has 7 heteroatoms. The summed E-state index contributed by atoms with van der Waals surface area (Å²) in [5, 5.41) is 22.9. The smallest absolute Gasteiger partial charge is 0.245 e. The molecule has 1 heterocycles. The van der Waals surface area contributed by atoms with Crippen LogP contribution < -0.4 is 5.32 Å². The summed E-state index contributed by atoms with van der Waals surface area (Å²) in [6.07, 6.45) is 12.9. The molecule has 0 aliphatic heterocycles. The van der Waals surface area contributed by atoms with E-state index in [9.17, 15) is 10.1 Å². The van der Waals surface area contributed by atoms with Gasteiger partial charge in [0, 0.05) is 6.08 Å². The lowest BCUT2D eigenvalue weighted by Crippen LogP contribution is -2.33. The van der Waals surface area contributed by atoms with E-state index in [0.717, 1.165) is 36.3 Å². The Labute approximate surface area is 165 Å². The van der Waals surface area contributed by atoms with E-state index in [1.54, 1.807) is 10.8 Å². The first-order valence-corrected chi connectivity index (χ1v) is 10.6. The number of rotatable bonds is 7. The monoisotopic (exact) mass is 385 g/mol. The van der Waals surface area contributed by atoms with Crippen molar-refractivity contribution in [2.75, 3.05) is 0 Å². The van der Waals surface area contributed by atoms with Crippen LogP contribution in [0.15, 0.2) is 28.7 Å². The fraction of sp³-hybridized carbons (Fsp3) is 0.600. The van der Waals surface area contributed by atoms with Crippen LogP contribution in [0, 0.1) is 17.2 Å². The number of hydrogen-bond donors (Lipinski definition) is 1. The summed E-state index contributed by atoms with van der Waals surface area (Å²) >= 11 is 1.53. The second-order valence-corrected chi connectivity index (χ2v) is 8.59. The van der Waals surface area contributed by atoms with Gasteiger partial charge < -0.3 is 5.32 Å². The van der Waals surface area contributed by atoms with Gasteiger partial charge in [0.2, 0.25) is 5.91 Å². The average molecular weight is 386 g/mol. The standard InChI is InChI=1S/C20H27N5OS/c1-3-15(2)27-12-9-18(26)22-19(16-7-5-4-6-8-16)17-13-25(24-23-17)20(14-21)10-11-20/h3,9,12-13,16,19H,4-8,10-11H2,1-2H3,(H,22,26)/b12-9+,15-3-/t19-/m0/s1. The molecule has 1 aromatic rings. The highest BCUT2D eigenvalue weighted by atomic mass is 32.2. The molecule has 2 fully saturated rings. The van der Waals surface area contributed by atoms with Crippen molar-refractivity contribution < 1.29 is 4.79 Å². The minimum atomic E-state index is -0.521. The van der Waals surface area contributed by atoms with Crippen molar-refractivity contribution in [2.45, 2.75) is 70.4 Å². The van der Waals surface area contributed by atoms with Gasteiger partial charge in [-0.3, -0.25) is 4.79 Å². The van der Waals surface area contributed by atoms with Gasteiger partial charge in [-0.15, -0.1) is 16.9 Å². The Balaban J connectivity index is 1.73. The zero-order valence-corrected chi connectivity index (χ0v) is 16.8. The minimum absolute atomic E-state index is 0.113. The zero-order chi connectivity index (χ0) is 19.3. The highest BCUT2D eigenvalue weighted by molar-refractivity contribution is 8.05. The van der Waals surface area contributed by atoms with Gasteiger partial charge in [0.15, 0.2) is 5.54 Å². The van der Waals surface area contributed by atoms with Crippen LogP contribution in [0.5, 0.6) is 0 Å². The lowest BCUT2D eigenvalue weighted by Gasteiger charge is -2.29. The molecule has 27 heavy (non-hydrogen) atoms. The SMILES string of the molecule is C/C=C(/C)S/C=C/C(=O)N[C@H](c1cn(C2(C#N)CC2)nn1)C1CCCCC1. The predicted molar refractivity (Wildman–Crippen MR) is 106 cm³/mol. The van der Waals surface area contributed by atoms with E-state index in [1.807, 2.05) is 31.5 Å². The highest BCUT2D eigenvalue weighted by Crippen LogP contribution is 2.42. The van der Waals surface area contributed by atoms with Gasteiger partial charge in [-0.05, 0) is 55.8 Å². The van der Waals surface area contributed by atoms with E-state index >= 15 is 0 Å². The summed E-state index contributed by atoms with van der Waals surface area (Å²) < 4.78 is 1.69. The van der Waals surface area contributed by atoms with Crippen LogP contribution in [-0.4, -0.2) is 20.9 Å². The Morgan fingerprint density at radius 2 is 2.19 bits per heavy atom. The van der Waals surface area contributed by atoms with Crippen molar-refractivity contribution in [3.63, 3.8) is 0 Å². The maximum Gasteiger partial charge on any atom is 0.245 e. The Kier molecular flexibility index (Phi) is 6.38. The maximum atomic E-state index is 12.5. The Bertz CT molecular complexity index is 766. The molecule has 0 unspecified atom stereocenters. The fourth-order valence-electron chi connectivity index (χ4n) is 3.51. The first-order valence-electron chi connectivity index (χ1n) is 9.68. The summed E-state index contributed by atoms with van der Waals surface area (Å²) in [5.41, 5.74) is 0.245.